The third-order valence-electron chi connectivity index (χ3n) is 4.11. The van der Waals surface area contributed by atoms with E-state index in [1.807, 2.05) is 30.3 Å². The van der Waals surface area contributed by atoms with E-state index < -0.39 is 0 Å². The predicted octanol–water partition coefficient (Wildman–Crippen LogP) is 4.03. The van der Waals surface area contributed by atoms with Crippen LogP contribution in [0.25, 0.3) is 10.1 Å². The Labute approximate surface area is 166 Å². The van der Waals surface area contributed by atoms with Crippen LogP contribution in [-0.4, -0.2) is 32.1 Å². The van der Waals surface area contributed by atoms with Gasteiger partial charge < -0.3 is 9.47 Å². The number of methoxy groups -OCH3 is 2. The van der Waals surface area contributed by atoms with Gasteiger partial charge in [0.25, 0.3) is 0 Å². The first-order chi connectivity index (χ1) is 13.6. The summed E-state index contributed by atoms with van der Waals surface area (Å²) in [5.41, 5.74) is 2.93. The Bertz CT molecular complexity index is 993. The van der Waals surface area contributed by atoms with Crippen molar-refractivity contribution in [3.63, 3.8) is 0 Å². The normalized spacial score (nSPS) is 10.9. The van der Waals surface area contributed by atoms with Gasteiger partial charge in [0.15, 0.2) is 17.3 Å². The summed E-state index contributed by atoms with van der Waals surface area (Å²) in [6.07, 6.45) is 1.75. The molecule has 28 heavy (non-hydrogen) atoms. The number of carbonyl (C=O) groups is 2. The van der Waals surface area contributed by atoms with Crippen molar-refractivity contribution in [1.82, 2.24) is 5.43 Å². The SMILES string of the molecule is COc1ccc(C(=O)CCC(=O)N/N=C/c2cc3ccccc3s2)cc1OC. The number of hydrogen-bond donors (Lipinski definition) is 1. The van der Waals surface area contributed by atoms with Crippen molar-refractivity contribution in [2.75, 3.05) is 14.2 Å². The number of thiophene rings is 1. The van der Waals surface area contributed by atoms with Crippen LogP contribution in [0.5, 0.6) is 11.5 Å². The van der Waals surface area contributed by atoms with Gasteiger partial charge in [-0.3, -0.25) is 9.59 Å². The molecule has 1 N–H and O–H groups in total. The molecule has 0 aliphatic rings. The molecule has 0 aliphatic heterocycles. The maximum atomic E-state index is 12.3. The molecule has 0 saturated heterocycles. The van der Waals surface area contributed by atoms with Crippen molar-refractivity contribution in [1.29, 1.82) is 0 Å². The van der Waals surface area contributed by atoms with E-state index in [0.717, 1.165) is 15.0 Å². The highest BCUT2D eigenvalue weighted by Gasteiger charge is 2.12. The van der Waals surface area contributed by atoms with E-state index in [1.54, 1.807) is 35.8 Å². The molecule has 0 bridgehead atoms. The zero-order valence-corrected chi connectivity index (χ0v) is 16.4. The summed E-state index contributed by atoms with van der Waals surface area (Å²) in [6.45, 7) is 0. The Kier molecular flexibility index (Phi) is 6.39. The van der Waals surface area contributed by atoms with Crippen LogP contribution >= 0.6 is 11.3 Å². The molecule has 0 aliphatic carbocycles. The number of fused-ring (bicyclic) bond motifs is 1. The van der Waals surface area contributed by atoms with E-state index in [-0.39, 0.29) is 24.5 Å². The summed E-state index contributed by atoms with van der Waals surface area (Å²) in [5, 5.41) is 5.12. The van der Waals surface area contributed by atoms with Crippen molar-refractivity contribution in [3.05, 3.63) is 59.0 Å². The maximum Gasteiger partial charge on any atom is 0.240 e. The van der Waals surface area contributed by atoms with Gasteiger partial charge in [-0.2, -0.15) is 5.10 Å². The largest absolute Gasteiger partial charge is 0.493 e. The average Bonchev–Trinajstić information content (AvgIpc) is 3.14. The fourth-order valence-corrected chi connectivity index (χ4v) is 3.61. The summed E-state index contributed by atoms with van der Waals surface area (Å²) >= 11 is 1.59. The lowest BCUT2D eigenvalue weighted by Crippen LogP contribution is -2.18. The highest BCUT2D eigenvalue weighted by molar-refractivity contribution is 7.20. The molecule has 2 aromatic carbocycles. The molecule has 6 nitrogen and oxygen atoms in total. The monoisotopic (exact) mass is 396 g/mol. The Morgan fingerprint density at radius 1 is 1.04 bits per heavy atom. The number of ketones is 1. The fourth-order valence-electron chi connectivity index (χ4n) is 2.67. The van der Waals surface area contributed by atoms with Crippen molar-refractivity contribution < 1.29 is 19.1 Å². The predicted molar refractivity (Wildman–Crippen MR) is 111 cm³/mol. The molecule has 0 saturated carbocycles. The number of carbonyl (C=O) groups excluding carboxylic acids is 2. The van der Waals surface area contributed by atoms with Crippen LogP contribution in [0, 0.1) is 0 Å². The first-order valence-corrected chi connectivity index (χ1v) is 9.48. The first kappa shape index (κ1) is 19.6. The van der Waals surface area contributed by atoms with E-state index in [9.17, 15) is 9.59 Å². The van der Waals surface area contributed by atoms with Gasteiger partial charge in [-0.15, -0.1) is 11.3 Å². The lowest BCUT2D eigenvalue weighted by molar-refractivity contribution is -0.121. The van der Waals surface area contributed by atoms with E-state index in [1.165, 1.54) is 14.2 Å². The van der Waals surface area contributed by atoms with Crippen molar-refractivity contribution >= 4 is 39.3 Å². The Morgan fingerprint density at radius 3 is 2.57 bits per heavy atom. The second-order valence-electron chi connectivity index (χ2n) is 5.97. The summed E-state index contributed by atoms with van der Waals surface area (Å²) in [4.78, 5) is 25.2. The zero-order chi connectivity index (χ0) is 19.9. The van der Waals surface area contributed by atoms with E-state index in [4.69, 9.17) is 9.47 Å². The summed E-state index contributed by atoms with van der Waals surface area (Å²) in [6, 6.07) is 15.0. The Balaban J connectivity index is 1.51. The molecule has 1 amide bonds. The summed E-state index contributed by atoms with van der Waals surface area (Å²) in [5.74, 6) is 0.564. The molecule has 144 valence electrons. The first-order valence-electron chi connectivity index (χ1n) is 8.66. The van der Waals surface area contributed by atoms with E-state index in [0.29, 0.717) is 17.1 Å². The molecule has 0 unspecified atom stereocenters. The molecule has 0 radical (unpaired) electrons. The van der Waals surface area contributed by atoms with Gasteiger partial charge in [-0.05, 0) is 35.7 Å². The van der Waals surface area contributed by atoms with Gasteiger partial charge >= 0.3 is 0 Å². The number of nitrogens with one attached hydrogen (secondary N) is 1. The highest BCUT2D eigenvalue weighted by Crippen LogP contribution is 2.28. The topological polar surface area (TPSA) is 77.0 Å². The lowest BCUT2D eigenvalue weighted by atomic mass is 10.1. The summed E-state index contributed by atoms with van der Waals surface area (Å²) < 4.78 is 11.5. The Morgan fingerprint density at radius 2 is 1.82 bits per heavy atom. The Hall–Kier alpha value is -3.19. The average molecular weight is 396 g/mol. The summed E-state index contributed by atoms with van der Waals surface area (Å²) in [7, 11) is 3.04. The van der Waals surface area contributed by atoms with Gasteiger partial charge in [-0.25, -0.2) is 5.43 Å². The maximum absolute atomic E-state index is 12.3. The number of benzene rings is 2. The molecule has 3 aromatic rings. The molecule has 1 heterocycles. The van der Waals surface area contributed by atoms with Gasteiger partial charge in [0.05, 0.1) is 20.4 Å². The van der Waals surface area contributed by atoms with Crippen LogP contribution < -0.4 is 14.9 Å². The molecule has 0 atom stereocenters. The number of rotatable bonds is 8. The van der Waals surface area contributed by atoms with E-state index in [2.05, 4.69) is 10.5 Å². The zero-order valence-electron chi connectivity index (χ0n) is 15.6. The second kappa shape index (κ2) is 9.14. The molecule has 3 rings (SSSR count). The van der Waals surface area contributed by atoms with Gasteiger partial charge in [-0.1, -0.05) is 18.2 Å². The molecular weight excluding hydrogens is 376 g/mol. The number of Topliss-reactive ketones (excluding diaryl/α,β-unsaturated/α-hetero) is 1. The van der Waals surface area contributed by atoms with Crippen LogP contribution in [0.15, 0.2) is 53.6 Å². The van der Waals surface area contributed by atoms with Gasteiger partial charge in [0.2, 0.25) is 5.91 Å². The molecule has 0 fully saturated rings. The molecular formula is C21H20N2O4S. The standard InChI is InChI=1S/C21H20N2O4S/c1-26-18-9-7-14(12-19(18)27-2)17(24)8-10-21(25)23-22-13-16-11-15-5-3-4-6-20(15)28-16/h3-7,9,11-13H,8,10H2,1-2H3,(H,23,25)/b22-13+. The lowest BCUT2D eigenvalue weighted by Gasteiger charge is -2.08. The third-order valence-corrected chi connectivity index (χ3v) is 5.16. The number of amides is 1. The minimum Gasteiger partial charge on any atom is -0.493 e. The second-order valence-corrected chi connectivity index (χ2v) is 7.09. The highest BCUT2D eigenvalue weighted by atomic mass is 32.1. The van der Waals surface area contributed by atoms with Crippen LogP contribution in [0.3, 0.4) is 0 Å². The van der Waals surface area contributed by atoms with Crippen molar-refractivity contribution in [3.8, 4) is 11.5 Å². The van der Waals surface area contributed by atoms with Crippen molar-refractivity contribution in [2.45, 2.75) is 12.8 Å². The number of hydrogen-bond acceptors (Lipinski definition) is 6. The van der Waals surface area contributed by atoms with Crippen LogP contribution in [0.2, 0.25) is 0 Å². The smallest absolute Gasteiger partial charge is 0.240 e. The van der Waals surface area contributed by atoms with Gasteiger partial charge in [0.1, 0.15) is 0 Å². The van der Waals surface area contributed by atoms with Crippen molar-refractivity contribution in [2.24, 2.45) is 5.10 Å². The number of nitrogens with zero attached hydrogens (tertiary/aromatic N) is 1. The minimum atomic E-state index is -0.314. The van der Waals surface area contributed by atoms with Crippen LogP contribution in [0.1, 0.15) is 28.1 Å². The van der Waals surface area contributed by atoms with Crippen LogP contribution in [-0.2, 0) is 4.79 Å². The van der Waals surface area contributed by atoms with E-state index >= 15 is 0 Å². The quantitative estimate of drug-likeness (QED) is 0.354. The van der Waals surface area contributed by atoms with Gasteiger partial charge in [0, 0.05) is 28.0 Å². The molecule has 7 heteroatoms. The number of hydrazone groups is 1. The number of ether oxygens (including phenoxy) is 2. The minimum absolute atomic E-state index is 0.0525. The third kappa shape index (κ3) is 4.75. The molecule has 0 spiro atoms. The molecule has 1 aromatic heterocycles. The van der Waals surface area contributed by atoms with Crippen LogP contribution in [0.4, 0.5) is 0 Å². The fraction of sp³-hybridized carbons (Fsp3) is 0.190.